The largest absolute Gasteiger partial charge is 0.462 e. The number of aryl methyl sites for hydroxylation is 1. The van der Waals surface area contributed by atoms with Gasteiger partial charge in [-0.2, -0.15) is 0 Å². The predicted octanol–water partition coefficient (Wildman–Crippen LogP) is 1.95. The lowest BCUT2D eigenvalue weighted by Gasteiger charge is -2.19. The first-order valence-corrected chi connectivity index (χ1v) is 7.91. The summed E-state index contributed by atoms with van der Waals surface area (Å²) in [5.41, 5.74) is 1.58. The summed E-state index contributed by atoms with van der Waals surface area (Å²) < 4.78 is 4.95. The average Bonchev–Trinajstić information content (AvgIpc) is 2.79. The Morgan fingerprint density at radius 1 is 1.50 bits per heavy atom. The number of carbonyl (C=O) groups excluding carboxylic acids is 3. The number of anilines is 1. The highest BCUT2D eigenvalue weighted by molar-refractivity contribution is 8.14. The third-order valence-electron chi connectivity index (χ3n) is 3.28. The Hall–Kier alpha value is -1.89. The number of esters is 1. The van der Waals surface area contributed by atoms with Crippen LogP contribution < -0.4 is 4.90 Å². The zero-order chi connectivity index (χ0) is 16.3. The van der Waals surface area contributed by atoms with Crippen LogP contribution in [0.4, 0.5) is 5.69 Å². The summed E-state index contributed by atoms with van der Waals surface area (Å²) in [4.78, 5) is 40.9. The van der Waals surface area contributed by atoms with E-state index in [1.54, 1.807) is 24.8 Å². The van der Waals surface area contributed by atoms with Crippen molar-refractivity contribution >= 4 is 34.4 Å². The van der Waals surface area contributed by atoms with Crippen LogP contribution in [0.25, 0.3) is 0 Å². The molecule has 0 spiro atoms. The number of rotatable bonds is 4. The monoisotopic (exact) mass is 322 g/mol. The highest BCUT2D eigenvalue weighted by atomic mass is 32.2. The molecule has 1 aliphatic rings. The van der Waals surface area contributed by atoms with Gasteiger partial charge in [-0.05, 0) is 19.9 Å². The highest BCUT2D eigenvalue weighted by Gasteiger charge is 2.33. The molecular weight excluding hydrogens is 304 g/mol. The maximum Gasteiger partial charge on any atom is 0.339 e. The third kappa shape index (κ3) is 3.65. The Bertz CT molecular complexity index is 618. The first-order valence-electron chi connectivity index (χ1n) is 7.03. The smallest absolute Gasteiger partial charge is 0.339 e. The lowest BCUT2D eigenvalue weighted by Crippen LogP contribution is -2.26. The molecule has 2 heterocycles. The fraction of sp³-hybridized carbons (Fsp3) is 0.467. The summed E-state index contributed by atoms with van der Waals surface area (Å²) in [6, 6.07) is 1.62. The van der Waals surface area contributed by atoms with Gasteiger partial charge in [0.2, 0.25) is 5.91 Å². The zero-order valence-corrected chi connectivity index (χ0v) is 13.6. The zero-order valence-electron chi connectivity index (χ0n) is 12.8. The van der Waals surface area contributed by atoms with E-state index >= 15 is 0 Å². The van der Waals surface area contributed by atoms with Gasteiger partial charge in [0, 0.05) is 31.3 Å². The molecule has 7 heteroatoms. The minimum absolute atomic E-state index is 0.00484. The standard InChI is InChI=1S/C15H18N2O4S/c1-4-21-15(20)11-5-13(9(2)16-7-11)17-8-12(6-14(17)19)22-10(3)18/h5,7,12H,4,6,8H2,1-3H3. The van der Waals surface area contributed by atoms with Gasteiger partial charge >= 0.3 is 5.97 Å². The van der Waals surface area contributed by atoms with Gasteiger partial charge in [0.25, 0.3) is 0 Å². The van der Waals surface area contributed by atoms with Crippen molar-refractivity contribution < 1.29 is 19.1 Å². The molecular formula is C15H18N2O4S. The second kappa shape index (κ2) is 6.91. The topological polar surface area (TPSA) is 76.6 Å². The van der Waals surface area contributed by atoms with Gasteiger partial charge in [0.15, 0.2) is 5.12 Å². The number of carbonyl (C=O) groups is 3. The molecule has 1 aromatic heterocycles. The van der Waals surface area contributed by atoms with E-state index in [2.05, 4.69) is 4.98 Å². The molecule has 1 atom stereocenters. The van der Waals surface area contributed by atoms with E-state index in [-0.39, 0.29) is 22.9 Å². The van der Waals surface area contributed by atoms with E-state index in [0.29, 0.717) is 29.9 Å². The molecule has 1 fully saturated rings. The van der Waals surface area contributed by atoms with Crippen molar-refractivity contribution in [1.82, 2.24) is 4.98 Å². The first kappa shape index (κ1) is 16.5. The molecule has 0 N–H and O–H groups in total. The number of nitrogens with zero attached hydrogens (tertiary/aromatic N) is 2. The van der Waals surface area contributed by atoms with Gasteiger partial charge in [-0.3, -0.25) is 14.6 Å². The number of pyridine rings is 1. The van der Waals surface area contributed by atoms with Gasteiger partial charge in [0.1, 0.15) is 0 Å². The van der Waals surface area contributed by atoms with E-state index in [9.17, 15) is 14.4 Å². The number of amides is 1. The molecule has 0 bridgehead atoms. The van der Waals surface area contributed by atoms with Gasteiger partial charge in [-0.25, -0.2) is 4.79 Å². The fourth-order valence-corrected chi connectivity index (χ4v) is 3.26. The van der Waals surface area contributed by atoms with Crippen molar-refractivity contribution in [2.24, 2.45) is 0 Å². The minimum Gasteiger partial charge on any atom is -0.462 e. The Morgan fingerprint density at radius 2 is 2.23 bits per heavy atom. The summed E-state index contributed by atoms with van der Waals surface area (Å²) in [6.07, 6.45) is 1.76. The van der Waals surface area contributed by atoms with Crippen molar-refractivity contribution in [3.8, 4) is 0 Å². The van der Waals surface area contributed by atoms with Crippen LogP contribution in [-0.2, 0) is 14.3 Å². The molecule has 1 aromatic rings. The molecule has 0 aliphatic carbocycles. The minimum atomic E-state index is -0.461. The van der Waals surface area contributed by atoms with Gasteiger partial charge in [-0.15, -0.1) is 0 Å². The maximum atomic E-state index is 12.2. The highest BCUT2D eigenvalue weighted by Crippen LogP contribution is 2.30. The Labute approximate surface area is 133 Å². The number of thioether (sulfide) groups is 1. The van der Waals surface area contributed by atoms with E-state index < -0.39 is 5.97 Å². The Balaban J connectivity index is 2.24. The van der Waals surface area contributed by atoms with Crippen LogP contribution in [0.15, 0.2) is 12.3 Å². The van der Waals surface area contributed by atoms with E-state index in [1.807, 2.05) is 0 Å². The van der Waals surface area contributed by atoms with Crippen LogP contribution in [0.5, 0.6) is 0 Å². The van der Waals surface area contributed by atoms with Crippen LogP contribution in [0.3, 0.4) is 0 Å². The summed E-state index contributed by atoms with van der Waals surface area (Å²) in [6.45, 7) is 5.73. The average molecular weight is 322 g/mol. The van der Waals surface area contributed by atoms with Crippen molar-refractivity contribution in [3.63, 3.8) is 0 Å². The quantitative estimate of drug-likeness (QED) is 0.789. The molecule has 0 aromatic carbocycles. The molecule has 1 aliphatic heterocycles. The van der Waals surface area contributed by atoms with Crippen LogP contribution in [0.1, 0.15) is 36.3 Å². The molecule has 22 heavy (non-hydrogen) atoms. The third-order valence-corrected chi connectivity index (χ3v) is 4.27. The summed E-state index contributed by atoms with van der Waals surface area (Å²) in [7, 11) is 0. The van der Waals surface area contributed by atoms with Crippen molar-refractivity contribution in [2.75, 3.05) is 18.1 Å². The SMILES string of the molecule is CCOC(=O)c1cnc(C)c(N2CC(SC(C)=O)CC2=O)c1. The molecule has 0 radical (unpaired) electrons. The maximum absolute atomic E-state index is 12.2. The van der Waals surface area contributed by atoms with E-state index in [0.717, 1.165) is 0 Å². The van der Waals surface area contributed by atoms with Crippen molar-refractivity contribution in [1.29, 1.82) is 0 Å². The molecule has 1 saturated heterocycles. The number of hydrogen-bond donors (Lipinski definition) is 0. The normalized spacial score (nSPS) is 17.7. The molecule has 0 saturated carbocycles. The number of ether oxygens (including phenoxy) is 1. The second-order valence-electron chi connectivity index (χ2n) is 4.99. The Morgan fingerprint density at radius 3 is 2.86 bits per heavy atom. The van der Waals surface area contributed by atoms with Crippen LogP contribution in [0, 0.1) is 6.92 Å². The number of aromatic nitrogens is 1. The second-order valence-corrected chi connectivity index (χ2v) is 6.47. The van der Waals surface area contributed by atoms with Crippen molar-refractivity contribution in [2.45, 2.75) is 32.4 Å². The first-order chi connectivity index (χ1) is 10.4. The number of hydrogen-bond acceptors (Lipinski definition) is 6. The Kier molecular flexibility index (Phi) is 5.18. The summed E-state index contributed by atoms with van der Waals surface area (Å²) in [5, 5.41) is -0.0644. The lowest BCUT2D eigenvalue weighted by molar-refractivity contribution is -0.117. The van der Waals surface area contributed by atoms with Crippen LogP contribution in [0.2, 0.25) is 0 Å². The summed E-state index contributed by atoms with van der Waals surface area (Å²) >= 11 is 1.18. The molecule has 6 nitrogen and oxygen atoms in total. The van der Waals surface area contributed by atoms with Crippen LogP contribution in [-0.4, -0.2) is 40.4 Å². The van der Waals surface area contributed by atoms with Gasteiger partial charge in [-0.1, -0.05) is 11.8 Å². The molecule has 1 unspecified atom stereocenters. The van der Waals surface area contributed by atoms with Gasteiger partial charge in [0.05, 0.1) is 23.6 Å². The fourth-order valence-electron chi connectivity index (χ4n) is 2.34. The van der Waals surface area contributed by atoms with Crippen LogP contribution >= 0.6 is 11.8 Å². The molecule has 2 rings (SSSR count). The molecule has 118 valence electrons. The summed E-state index contributed by atoms with van der Waals surface area (Å²) in [5.74, 6) is -0.526. The van der Waals surface area contributed by atoms with Crippen molar-refractivity contribution in [3.05, 3.63) is 23.5 Å². The van der Waals surface area contributed by atoms with E-state index in [4.69, 9.17) is 4.74 Å². The molecule has 1 amide bonds. The predicted molar refractivity (Wildman–Crippen MR) is 84.0 cm³/mol. The van der Waals surface area contributed by atoms with E-state index in [1.165, 1.54) is 24.9 Å². The lowest BCUT2D eigenvalue weighted by atomic mass is 10.2. The van der Waals surface area contributed by atoms with Gasteiger partial charge < -0.3 is 9.64 Å².